The zero-order valence-electron chi connectivity index (χ0n) is 59.4. The molecule has 0 saturated carbocycles. The Morgan fingerprint density at radius 3 is 0.765 bits per heavy atom. The molecule has 5 aliphatic heterocycles. The lowest BCUT2D eigenvalue weighted by Gasteiger charge is -2.29. The normalized spacial score (nSPS) is 30.8. The van der Waals surface area contributed by atoms with Gasteiger partial charge in [-0.25, -0.2) is 74.8 Å². The Labute approximate surface area is 670 Å². The largest absolute Gasteiger partial charge is 0.387 e. The monoisotopic (exact) mass is 1800 g/mol. The van der Waals surface area contributed by atoms with Crippen molar-refractivity contribution >= 4 is 178 Å². The van der Waals surface area contributed by atoms with Crippen LogP contribution in [-0.4, -0.2) is 290 Å². The minimum atomic E-state index is -4.67. The maximum Gasteiger partial charge on any atom is 0.325 e. The van der Waals surface area contributed by atoms with Crippen LogP contribution in [0.1, 0.15) is 31.1 Å². The van der Waals surface area contributed by atoms with Crippen molar-refractivity contribution in [1.82, 2.24) is 97.6 Å². The zero-order chi connectivity index (χ0) is 81.5. The average molecular weight is 1800 g/mol. The molecule has 5 fully saturated rings. The third-order valence-electron chi connectivity index (χ3n) is 18.9. The predicted molar refractivity (Wildman–Crippen MR) is 407 cm³/mol. The number of imidazole rings is 5. The molecule has 10 aromatic rings. The quantitative estimate of drug-likeness (QED) is 0.0204. The van der Waals surface area contributed by atoms with Gasteiger partial charge in [-0.3, -0.25) is 40.9 Å². The molecule has 115 heavy (non-hydrogen) atoms. The lowest BCUT2D eigenvalue weighted by Crippen LogP contribution is -2.39. The number of nitrogen functional groups attached to an aromatic ring is 5. The van der Waals surface area contributed by atoms with E-state index in [1.807, 2.05) is 0 Å². The molecule has 5 saturated heterocycles. The SMILES string of the molecule is CO[C@H]1[C@@H](OP(O)(=S)OC[C@H]2O[C@@H](n3cnc4c(N)ncnc43)[C@H](OP(O)(=S)OC[C@H]3O[C@@H](n4cnc5c(N)ncnc54)[C@H](OP(O)(=S)OC[C@H]4O[C@@H](n5cnc6c(N)ncnc65)[C@H](OP(O)(=S)OC[C@H]5O[C@@H](n6cnc7c(N)ncnc76)[C@H](O)[C@@H]5O)[C@@H]4OC)[C@@H]3OC)[C@@H]2OC)[C@H](n2cnc3c(N)ncnc32)O[C@@H]1COP(O)(O)=S. The lowest BCUT2D eigenvalue weighted by molar-refractivity contribution is -0.0613. The van der Waals surface area contributed by atoms with Crippen LogP contribution in [-0.2, 0) is 142 Å². The van der Waals surface area contributed by atoms with Gasteiger partial charge in [0.1, 0.15) is 151 Å². The third-order valence-corrected chi connectivity index (χ3v) is 25.9. The Balaban J connectivity index is 0.656. The third kappa shape index (κ3) is 17.0. The first-order chi connectivity index (χ1) is 54.8. The van der Waals surface area contributed by atoms with E-state index in [1.54, 1.807) is 0 Å². The smallest absolute Gasteiger partial charge is 0.325 e. The Morgan fingerprint density at radius 1 is 0.313 bits per heavy atom. The summed E-state index contributed by atoms with van der Waals surface area (Å²) in [6, 6.07) is 0. The Kier molecular flexibility index (Phi) is 24.5. The van der Waals surface area contributed by atoms with E-state index in [9.17, 15) is 39.6 Å². The molecule has 5 aliphatic rings. The van der Waals surface area contributed by atoms with Crippen LogP contribution in [0.5, 0.6) is 0 Å². The molecule has 15 heterocycles. The Hall–Kier alpha value is -6.04. The summed E-state index contributed by atoms with van der Waals surface area (Å²) in [5.74, 6) is 0.0151. The molecule has 10 aromatic heterocycles. The highest BCUT2D eigenvalue weighted by Gasteiger charge is 2.57. The van der Waals surface area contributed by atoms with Gasteiger partial charge in [-0.2, -0.15) is 0 Å². The minimum Gasteiger partial charge on any atom is -0.387 e. The molecule has 0 amide bonds. The van der Waals surface area contributed by atoms with Gasteiger partial charge in [0.25, 0.3) is 0 Å². The fourth-order valence-electron chi connectivity index (χ4n) is 13.8. The topological polar surface area (TPSA) is 676 Å². The number of aromatic nitrogens is 20. The highest BCUT2D eigenvalue weighted by molar-refractivity contribution is 8.08. The second kappa shape index (κ2) is 33.5. The number of ether oxygens (including phenoxy) is 9. The Morgan fingerprint density at radius 2 is 0.530 bits per heavy atom. The van der Waals surface area contributed by atoms with E-state index >= 15 is 0 Å². The maximum absolute atomic E-state index is 12.4. The van der Waals surface area contributed by atoms with Crippen molar-refractivity contribution in [2.75, 3.05) is 90.1 Å². The van der Waals surface area contributed by atoms with Crippen molar-refractivity contribution in [2.45, 2.75) is 123 Å². The van der Waals surface area contributed by atoms with Gasteiger partial charge in [0, 0.05) is 28.4 Å². The molecule has 61 heteroatoms. The van der Waals surface area contributed by atoms with Gasteiger partial charge in [0.15, 0.2) is 88.5 Å². The summed E-state index contributed by atoms with van der Waals surface area (Å²) >= 11 is 27.5. The fraction of sp³-hybridized carbons (Fsp3) is 0.537. The van der Waals surface area contributed by atoms with Crippen LogP contribution >= 0.6 is 33.6 Å². The van der Waals surface area contributed by atoms with Crippen molar-refractivity contribution in [3.63, 3.8) is 0 Å². The summed E-state index contributed by atoms with van der Waals surface area (Å²) in [6.45, 7) is -25.8. The minimum absolute atomic E-state index is 0.00978. The zero-order valence-corrected chi connectivity index (χ0v) is 67.9. The summed E-state index contributed by atoms with van der Waals surface area (Å²) < 4.78 is 117. The lowest BCUT2D eigenvalue weighted by atomic mass is 10.1. The number of hydrogen-bond acceptors (Lipinski definition) is 45. The number of methoxy groups -OCH3 is 4. The standard InChI is InChI=1S/C54H70N25O26P5S5/c1-88-32-21(6-92-106(82,83)111)98-51(76-16-71-26-41(56)61-11-66-46(26)76)36(32)103-108(85,113)94-8-23-34(90-3)38(53(100-23)78-18-73-28-43(58)63-13-68-48(28)78)105-110(87,115)96-9-24-35(91-4)39(54(101-24)79-19-74-29-44(59)64-14-69-49(29)79)104-109(86,114)95-7-22-33(89-2)37(52(99-22)77-17-72-27-42(57)62-12-67-47(27)77)102-107(84,112)93-5-20-30(80)31(81)50(97-20)75-15-70-25-40(55)60-10-65-45(25)75/h10-24,30-39,50-54,80-81H,5-9H2,1-4H3,(H,84,112)(H,85,113)(H,86,114)(H,87,115)(H2,55,60,65)(H2,56,61,66)(H2,57,62,67)(H2,58,63,68)(H2,59,64,69)(H2,82,83,111)/t20-,21-,22-,23-,24-,30-,31-,32-,33-,34-,35-,36-,37-,38-,39-,50-,51-,52-,53-,54-,107?,108?,109?,110?/m1/s1. The summed E-state index contributed by atoms with van der Waals surface area (Å²) in [5, 5.41) is 22.4. The van der Waals surface area contributed by atoms with E-state index in [-0.39, 0.29) is 84.9 Å². The van der Waals surface area contributed by atoms with Gasteiger partial charge < -0.3 is 133 Å². The van der Waals surface area contributed by atoms with Crippen LogP contribution in [0.25, 0.3) is 55.8 Å². The van der Waals surface area contributed by atoms with Gasteiger partial charge in [0.05, 0.1) is 64.7 Å². The Bertz CT molecular complexity index is 5500. The number of anilines is 5. The van der Waals surface area contributed by atoms with E-state index in [2.05, 4.69) is 74.8 Å². The first kappa shape index (κ1) is 84.0. The van der Waals surface area contributed by atoms with Crippen LogP contribution in [0.4, 0.5) is 29.1 Å². The molecular formula is C54H70N25O26P5S5. The molecule has 0 bridgehead atoms. The molecule has 0 aliphatic carbocycles. The van der Waals surface area contributed by atoms with E-state index in [4.69, 9.17) is 171 Å². The van der Waals surface area contributed by atoms with Gasteiger partial charge in [-0.15, -0.1) is 0 Å². The van der Waals surface area contributed by atoms with Crippen LogP contribution in [0.3, 0.4) is 0 Å². The number of aliphatic hydroxyl groups is 2. The van der Waals surface area contributed by atoms with Crippen LogP contribution < -0.4 is 28.7 Å². The highest BCUT2D eigenvalue weighted by Crippen LogP contribution is 2.57. The van der Waals surface area contributed by atoms with E-state index in [1.165, 1.54) is 102 Å². The molecular weight excluding hydrogens is 1730 g/mol. The summed E-state index contributed by atoms with van der Waals surface area (Å²) in [7, 11) is 5.10. The second-order valence-corrected chi connectivity index (χ2v) is 39.5. The summed E-state index contributed by atoms with van der Waals surface area (Å²) in [4.78, 5) is 132. The van der Waals surface area contributed by atoms with Crippen molar-refractivity contribution in [1.29, 1.82) is 0 Å². The average Bonchev–Trinajstić information content (AvgIpc) is 1.63. The van der Waals surface area contributed by atoms with E-state index in [0.717, 1.165) is 12.7 Å². The number of nitrogens with two attached hydrogens (primary N) is 5. The molecule has 15 rings (SSSR count). The van der Waals surface area contributed by atoms with Crippen LogP contribution in [0.15, 0.2) is 63.3 Å². The molecule has 0 aromatic carbocycles. The maximum atomic E-state index is 12.4. The first-order valence-electron chi connectivity index (χ1n) is 33.5. The number of nitrogens with zero attached hydrogens (tertiary/aromatic N) is 20. The highest BCUT2D eigenvalue weighted by atomic mass is 32.5. The van der Waals surface area contributed by atoms with Gasteiger partial charge >= 0.3 is 33.6 Å². The van der Waals surface area contributed by atoms with Gasteiger partial charge in [-0.1, -0.05) is 0 Å². The second-order valence-electron chi connectivity index (χ2n) is 25.6. The van der Waals surface area contributed by atoms with Crippen molar-refractivity contribution in [2.24, 2.45) is 0 Å². The number of rotatable bonds is 32. The molecule has 622 valence electrons. The number of hydrogen-bond donors (Lipinski definition) is 13. The van der Waals surface area contributed by atoms with Crippen molar-refractivity contribution in [3.05, 3.63) is 63.3 Å². The molecule has 24 atom stereocenters. The number of fused-ring (bicyclic) bond motifs is 5. The molecule has 51 nitrogen and oxygen atoms in total. The molecule has 0 radical (unpaired) electrons. The number of aliphatic hydroxyl groups excluding tert-OH is 2. The van der Waals surface area contributed by atoms with E-state index in [0.29, 0.717) is 0 Å². The predicted octanol–water partition coefficient (Wildman–Crippen LogP) is -1.93. The first-order valence-corrected chi connectivity index (χ1v) is 46.5. The molecule has 0 spiro atoms. The summed E-state index contributed by atoms with van der Waals surface area (Å²) in [5.41, 5.74) is 32.2. The van der Waals surface area contributed by atoms with Crippen molar-refractivity contribution in [3.8, 4) is 0 Å². The van der Waals surface area contributed by atoms with Crippen molar-refractivity contribution < 1.29 is 123 Å². The van der Waals surface area contributed by atoms with Crippen LogP contribution in [0, 0.1) is 0 Å². The van der Waals surface area contributed by atoms with Gasteiger partial charge in [-0.05, 0) is 59.0 Å². The fourth-order valence-corrected chi connectivity index (χ4v) is 20.0. The van der Waals surface area contributed by atoms with Crippen LogP contribution in [0.2, 0.25) is 0 Å². The molecule has 4 unspecified atom stereocenters. The molecule has 18 N–H and O–H groups in total. The van der Waals surface area contributed by atoms with E-state index < -0.39 is 189 Å². The summed E-state index contributed by atoms with van der Waals surface area (Å²) in [6.07, 6.45) is -15.1. The van der Waals surface area contributed by atoms with Gasteiger partial charge in [0.2, 0.25) is 0 Å².